The van der Waals surface area contributed by atoms with E-state index < -0.39 is 54.5 Å². The molecule has 0 bridgehead atoms. The Labute approximate surface area is 235 Å². The largest absolute Gasteiger partial charge is 0.471 e. The highest BCUT2D eigenvalue weighted by Gasteiger charge is 2.38. The molecule has 0 aromatic rings. The first-order chi connectivity index (χ1) is 18.4. The van der Waals surface area contributed by atoms with Gasteiger partial charge in [-0.1, -0.05) is 55.4 Å². The maximum atomic E-state index is 12.9. The van der Waals surface area contributed by atoms with Crippen molar-refractivity contribution in [2.75, 3.05) is 13.1 Å². The van der Waals surface area contributed by atoms with Crippen LogP contribution in [0, 0.1) is 17.8 Å². The van der Waals surface area contributed by atoms with E-state index >= 15 is 0 Å². The lowest BCUT2D eigenvalue weighted by Crippen LogP contribution is -2.56. The SMILES string of the molecule is CC(C)CC(NC(=O)C(NC(C)C)C(C)C)C(=O)NCC(=O)NC(CCCCNC(=O)C(F)(F)F)C(=O)C(C)C. The van der Waals surface area contributed by atoms with Gasteiger partial charge in [-0.3, -0.25) is 24.0 Å². The average Bonchev–Trinajstić information content (AvgIpc) is 2.82. The van der Waals surface area contributed by atoms with E-state index in [4.69, 9.17) is 0 Å². The molecule has 0 aromatic heterocycles. The molecule has 0 aliphatic rings. The van der Waals surface area contributed by atoms with Crippen molar-refractivity contribution < 1.29 is 37.1 Å². The first-order valence-corrected chi connectivity index (χ1v) is 13.9. The molecule has 0 saturated heterocycles. The Morgan fingerprint density at radius 1 is 0.750 bits per heavy atom. The van der Waals surface area contributed by atoms with Gasteiger partial charge >= 0.3 is 12.1 Å². The summed E-state index contributed by atoms with van der Waals surface area (Å²) >= 11 is 0. The van der Waals surface area contributed by atoms with Crippen LogP contribution in [0.4, 0.5) is 13.2 Å². The van der Waals surface area contributed by atoms with Gasteiger partial charge in [-0.05, 0) is 37.5 Å². The minimum Gasteiger partial charge on any atom is -0.348 e. The zero-order valence-electron chi connectivity index (χ0n) is 25.0. The van der Waals surface area contributed by atoms with E-state index in [-0.39, 0.29) is 55.4 Å². The van der Waals surface area contributed by atoms with Gasteiger partial charge in [0.15, 0.2) is 5.78 Å². The van der Waals surface area contributed by atoms with Crippen LogP contribution < -0.4 is 26.6 Å². The van der Waals surface area contributed by atoms with E-state index in [0.717, 1.165) is 0 Å². The number of nitrogens with one attached hydrogen (secondary N) is 5. The average molecular weight is 580 g/mol. The second kappa shape index (κ2) is 17.9. The smallest absolute Gasteiger partial charge is 0.348 e. The number of alkyl halides is 3. The molecule has 0 heterocycles. The molecular formula is C27H48F3N5O5. The van der Waals surface area contributed by atoms with Crippen molar-refractivity contribution in [3.8, 4) is 0 Å². The van der Waals surface area contributed by atoms with E-state index in [9.17, 15) is 37.1 Å². The fraction of sp³-hybridized carbons (Fsp3) is 0.815. The maximum Gasteiger partial charge on any atom is 0.471 e. The van der Waals surface area contributed by atoms with Crippen LogP contribution >= 0.6 is 0 Å². The Hall–Kier alpha value is -2.70. The lowest BCUT2D eigenvalue weighted by Gasteiger charge is -2.27. The number of ketones is 1. The van der Waals surface area contributed by atoms with Gasteiger partial charge in [-0.2, -0.15) is 13.2 Å². The summed E-state index contributed by atoms with van der Waals surface area (Å²) in [6, 6.07) is -2.21. The van der Waals surface area contributed by atoms with Crippen molar-refractivity contribution >= 4 is 29.4 Å². The minimum atomic E-state index is -4.97. The lowest BCUT2D eigenvalue weighted by molar-refractivity contribution is -0.173. The summed E-state index contributed by atoms with van der Waals surface area (Å²) in [5, 5.41) is 12.9. The van der Waals surface area contributed by atoms with Crippen molar-refractivity contribution in [3.63, 3.8) is 0 Å². The zero-order chi connectivity index (χ0) is 31.2. The second-order valence-electron chi connectivity index (χ2n) is 11.4. The molecular weight excluding hydrogens is 531 g/mol. The van der Waals surface area contributed by atoms with Gasteiger partial charge in [0.1, 0.15) is 6.04 Å². The van der Waals surface area contributed by atoms with E-state index in [1.165, 1.54) is 0 Å². The molecule has 3 unspecified atom stereocenters. The molecule has 13 heteroatoms. The molecule has 3 atom stereocenters. The molecule has 4 amide bonds. The van der Waals surface area contributed by atoms with Gasteiger partial charge in [0.25, 0.3) is 0 Å². The van der Waals surface area contributed by atoms with Crippen LogP contribution in [0.15, 0.2) is 0 Å². The Morgan fingerprint density at radius 2 is 1.35 bits per heavy atom. The summed E-state index contributed by atoms with van der Waals surface area (Å²) in [6.07, 6.45) is -4.00. The zero-order valence-corrected chi connectivity index (χ0v) is 25.0. The molecule has 232 valence electrons. The van der Waals surface area contributed by atoms with Crippen molar-refractivity contribution in [2.45, 2.75) is 111 Å². The number of Topliss-reactive ketones (excluding diaryl/α,β-unsaturated/α-hetero) is 1. The van der Waals surface area contributed by atoms with Crippen LogP contribution in [0.2, 0.25) is 0 Å². The summed E-state index contributed by atoms with van der Waals surface area (Å²) in [5.41, 5.74) is 0. The van der Waals surface area contributed by atoms with Gasteiger partial charge in [0.05, 0.1) is 18.6 Å². The van der Waals surface area contributed by atoms with Gasteiger partial charge < -0.3 is 26.6 Å². The Kier molecular flexibility index (Phi) is 16.7. The molecule has 0 fully saturated rings. The Bertz CT molecular complexity index is 847. The van der Waals surface area contributed by atoms with Crippen molar-refractivity contribution in [3.05, 3.63) is 0 Å². The molecule has 0 aliphatic heterocycles. The first kappa shape index (κ1) is 37.3. The normalized spacial score (nSPS) is 14.2. The van der Waals surface area contributed by atoms with Gasteiger partial charge in [-0.15, -0.1) is 0 Å². The highest BCUT2D eigenvalue weighted by atomic mass is 19.4. The molecule has 5 N–H and O–H groups in total. The predicted octanol–water partition coefficient (Wildman–Crippen LogP) is 2.21. The number of amides is 4. The maximum absolute atomic E-state index is 12.9. The van der Waals surface area contributed by atoms with Gasteiger partial charge in [0, 0.05) is 18.5 Å². The van der Waals surface area contributed by atoms with Crippen molar-refractivity contribution in [2.24, 2.45) is 17.8 Å². The standard InChI is InChI=1S/C27H48F3N5O5/c1-15(2)13-20(35-25(39)22(16(3)4)33-18(7)8)24(38)32-14-21(36)34-19(23(37)17(5)6)11-9-10-12-31-26(40)27(28,29)30/h15-20,22,33H,9-14H2,1-8H3,(H,31,40)(H,32,38)(H,34,36)(H,35,39). The number of unbranched alkanes of at least 4 members (excludes halogenated alkanes) is 1. The molecule has 0 aliphatic carbocycles. The second-order valence-corrected chi connectivity index (χ2v) is 11.4. The summed E-state index contributed by atoms with van der Waals surface area (Å²) < 4.78 is 36.8. The van der Waals surface area contributed by atoms with Crippen LogP contribution in [0.25, 0.3) is 0 Å². The van der Waals surface area contributed by atoms with Crippen LogP contribution in [0.5, 0.6) is 0 Å². The number of carbonyl (C=O) groups excluding carboxylic acids is 5. The quantitative estimate of drug-likeness (QED) is 0.158. The summed E-state index contributed by atoms with van der Waals surface area (Å²) in [5.74, 6) is -4.12. The third kappa shape index (κ3) is 15.2. The third-order valence-electron chi connectivity index (χ3n) is 5.94. The Balaban J connectivity index is 5.10. The van der Waals surface area contributed by atoms with E-state index in [0.29, 0.717) is 6.42 Å². The summed E-state index contributed by atoms with van der Waals surface area (Å²) in [4.78, 5) is 61.9. The van der Waals surface area contributed by atoms with Crippen LogP contribution in [0.3, 0.4) is 0 Å². The highest BCUT2D eigenvalue weighted by molar-refractivity contribution is 5.94. The van der Waals surface area contributed by atoms with Crippen molar-refractivity contribution in [1.82, 2.24) is 26.6 Å². The molecule has 0 rings (SSSR count). The monoisotopic (exact) mass is 579 g/mol. The predicted molar refractivity (Wildman–Crippen MR) is 146 cm³/mol. The van der Waals surface area contributed by atoms with E-state index in [1.54, 1.807) is 19.2 Å². The molecule has 40 heavy (non-hydrogen) atoms. The number of halogens is 3. The molecule has 0 radical (unpaired) electrons. The fourth-order valence-electron chi connectivity index (χ4n) is 3.89. The molecule has 10 nitrogen and oxygen atoms in total. The topological polar surface area (TPSA) is 146 Å². The van der Waals surface area contributed by atoms with Crippen molar-refractivity contribution in [1.29, 1.82) is 0 Å². The molecule has 0 saturated carbocycles. The number of hydrogen-bond donors (Lipinski definition) is 5. The highest BCUT2D eigenvalue weighted by Crippen LogP contribution is 2.14. The summed E-state index contributed by atoms with van der Waals surface area (Å²) in [7, 11) is 0. The Morgan fingerprint density at radius 3 is 1.82 bits per heavy atom. The minimum absolute atomic E-state index is 0.0210. The van der Waals surface area contributed by atoms with Crippen LogP contribution in [-0.2, 0) is 24.0 Å². The third-order valence-corrected chi connectivity index (χ3v) is 5.94. The molecule has 0 spiro atoms. The summed E-state index contributed by atoms with van der Waals surface area (Å²) in [6.45, 7) is 14.1. The first-order valence-electron chi connectivity index (χ1n) is 13.9. The van der Waals surface area contributed by atoms with Crippen LogP contribution in [0.1, 0.15) is 81.1 Å². The number of rotatable bonds is 18. The van der Waals surface area contributed by atoms with Crippen LogP contribution in [-0.4, -0.2) is 72.8 Å². The van der Waals surface area contributed by atoms with E-state index in [2.05, 4.69) is 21.3 Å². The number of hydrogen-bond acceptors (Lipinski definition) is 6. The van der Waals surface area contributed by atoms with Gasteiger partial charge in [-0.25, -0.2) is 0 Å². The lowest BCUT2D eigenvalue weighted by atomic mass is 9.97. The van der Waals surface area contributed by atoms with E-state index in [1.807, 2.05) is 41.5 Å². The fourth-order valence-corrected chi connectivity index (χ4v) is 3.89. The molecule has 0 aromatic carbocycles. The van der Waals surface area contributed by atoms with Gasteiger partial charge in [0.2, 0.25) is 17.7 Å². The number of carbonyl (C=O) groups is 5.